The fourth-order valence-electron chi connectivity index (χ4n) is 3.29. The molecule has 4 nitrogen and oxygen atoms in total. The summed E-state index contributed by atoms with van der Waals surface area (Å²) in [5.41, 5.74) is 5.41. The molecule has 0 spiro atoms. The number of halogens is 1. The third-order valence-electron chi connectivity index (χ3n) is 4.42. The predicted molar refractivity (Wildman–Crippen MR) is 114 cm³/mol. The number of rotatable bonds is 3. The minimum Gasteiger partial charge on any atom is -0.488 e. The van der Waals surface area contributed by atoms with Crippen molar-refractivity contribution in [2.24, 2.45) is 0 Å². The first-order chi connectivity index (χ1) is 13.4. The molecular formula is C22H18ClNO3S. The van der Waals surface area contributed by atoms with E-state index in [-0.39, 0.29) is 0 Å². The van der Waals surface area contributed by atoms with Gasteiger partial charge in [0.2, 0.25) is 10.0 Å². The topological polar surface area (TPSA) is 55.4 Å². The van der Waals surface area contributed by atoms with Gasteiger partial charge in [-0.05, 0) is 58.7 Å². The molecule has 0 saturated carbocycles. The van der Waals surface area contributed by atoms with Gasteiger partial charge >= 0.3 is 0 Å². The highest BCUT2D eigenvalue weighted by Crippen LogP contribution is 2.38. The zero-order valence-electron chi connectivity index (χ0n) is 15.1. The minimum atomic E-state index is -3.34. The van der Waals surface area contributed by atoms with Crippen LogP contribution in [0.3, 0.4) is 0 Å². The molecule has 142 valence electrons. The van der Waals surface area contributed by atoms with Crippen LogP contribution in [0.2, 0.25) is 5.02 Å². The molecule has 6 heteroatoms. The van der Waals surface area contributed by atoms with Gasteiger partial charge in [0.1, 0.15) is 12.4 Å². The van der Waals surface area contributed by atoms with Gasteiger partial charge in [-0.15, -0.1) is 0 Å². The minimum absolute atomic E-state index is 0.430. The Kier molecular flexibility index (Phi) is 4.87. The number of hydrogen-bond acceptors (Lipinski definition) is 3. The number of fused-ring (bicyclic) bond motifs is 2. The molecular weight excluding hydrogens is 394 g/mol. The molecule has 0 amide bonds. The average Bonchev–Trinajstić information content (AvgIpc) is 2.78. The second-order valence-electron chi connectivity index (χ2n) is 6.64. The number of sulfonamides is 1. The molecule has 0 bridgehead atoms. The van der Waals surface area contributed by atoms with Crippen LogP contribution >= 0.6 is 11.6 Å². The normalized spacial score (nSPS) is 14.6. The van der Waals surface area contributed by atoms with Crippen LogP contribution in [0.1, 0.15) is 22.3 Å². The molecule has 3 aromatic rings. The van der Waals surface area contributed by atoms with Gasteiger partial charge in [-0.2, -0.15) is 0 Å². The van der Waals surface area contributed by atoms with Crippen molar-refractivity contribution in [2.45, 2.75) is 6.61 Å². The Balaban J connectivity index is 1.88. The number of para-hydroxylation sites is 1. The van der Waals surface area contributed by atoms with E-state index in [1.807, 2.05) is 60.7 Å². The molecule has 4 rings (SSSR count). The summed E-state index contributed by atoms with van der Waals surface area (Å²) in [4.78, 5) is 0. The van der Waals surface area contributed by atoms with Crippen LogP contribution in [0.5, 0.6) is 5.75 Å². The molecule has 0 saturated heterocycles. The number of hydrogen-bond donors (Lipinski definition) is 1. The summed E-state index contributed by atoms with van der Waals surface area (Å²) in [6.45, 7) is 0.430. The summed E-state index contributed by atoms with van der Waals surface area (Å²) >= 11 is 6.19. The van der Waals surface area contributed by atoms with Gasteiger partial charge < -0.3 is 4.74 Å². The Morgan fingerprint density at radius 3 is 2.64 bits per heavy atom. The molecule has 0 aromatic heterocycles. The standard InChI is InChI=1S/C22H18ClNO3S/c1-28(25,26)24-18-6-4-5-15(11-18)12-21-19-10-9-17(23)13-16(19)14-27-22-8-3-2-7-20(21)22/h2-13,24H,14H2,1H3. The average molecular weight is 412 g/mol. The van der Waals surface area contributed by atoms with Crippen molar-refractivity contribution >= 4 is 39.0 Å². The summed E-state index contributed by atoms with van der Waals surface area (Å²) in [6.07, 6.45) is 3.17. The summed E-state index contributed by atoms with van der Waals surface area (Å²) < 4.78 is 31.6. The predicted octanol–water partition coefficient (Wildman–Crippen LogP) is 5.19. The third-order valence-corrected chi connectivity index (χ3v) is 5.26. The Labute approximate surface area is 169 Å². The lowest BCUT2D eigenvalue weighted by Gasteiger charge is -2.11. The second-order valence-corrected chi connectivity index (χ2v) is 8.83. The summed E-state index contributed by atoms with van der Waals surface area (Å²) in [5, 5.41) is 0.659. The Morgan fingerprint density at radius 1 is 1.00 bits per heavy atom. The maximum absolute atomic E-state index is 11.6. The van der Waals surface area contributed by atoms with Crippen LogP contribution in [0.15, 0.2) is 66.7 Å². The smallest absolute Gasteiger partial charge is 0.229 e. The highest BCUT2D eigenvalue weighted by Gasteiger charge is 2.19. The molecule has 0 aliphatic carbocycles. The van der Waals surface area contributed by atoms with Crippen LogP contribution in [-0.4, -0.2) is 14.7 Å². The first kappa shape index (κ1) is 18.6. The van der Waals surface area contributed by atoms with Crippen LogP contribution in [0.25, 0.3) is 11.6 Å². The molecule has 0 radical (unpaired) electrons. The number of ether oxygens (including phenoxy) is 1. The third kappa shape index (κ3) is 4.06. The van der Waals surface area contributed by atoms with Crippen molar-refractivity contribution < 1.29 is 13.2 Å². The van der Waals surface area contributed by atoms with E-state index in [1.54, 1.807) is 12.1 Å². The zero-order chi connectivity index (χ0) is 19.7. The van der Waals surface area contributed by atoms with E-state index < -0.39 is 10.0 Å². The van der Waals surface area contributed by atoms with Crippen molar-refractivity contribution in [3.05, 3.63) is 94.0 Å². The molecule has 0 fully saturated rings. The Bertz CT molecular complexity index is 1190. The van der Waals surface area contributed by atoms with Gasteiger partial charge in [0, 0.05) is 16.3 Å². The molecule has 1 N–H and O–H groups in total. The maximum atomic E-state index is 11.6. The Hall–Kier alpha value is -2.76. The largest absolute Gasteiger partial charge is 0.488 e. The molecule has 1 heterocycles. The van der Waals surface area contributed by atoms with Gasteiger partial charge in [-0.1, -0.05) is 48.0 Å². The van der Waals surface area contributed by atoms with Crippen molar-refractivity contribution in [3.63, 3.8) is 0 Å². The van der Waals surface area contributed by atoms with Crippen molar-refractivity contribution in [2.75, 3.05) is 11.0 Å². The summed E-state index contributed by atoms with van der Waals surface area (Å²) in [5.74, 6) is 0.798. The van der Waals surface area contributed by atoms with E-state index in [9.17, 15) is 8.42 Å². The van der Waals surface area contributed by atoms with E-state index in [4.69, 9.17) is 16.3 Å². The van der Waals surface area contributed by atoms with Gasteiger partial charge in [0.25, 0.3) is 0 Å². The van der Waals surface area contributed by atoms with E-state index >= 15 is 0 Å². The lowest BCUT2D eigenvalue weighted by molar-refractivity contribution is 0.307. The van der Waals surface area contributed by atoms with Gasteiger partial charge in [0.05, 0.1) is 6.26 Å². The van der Waals surface area contributed by atoms with Crippen LogP contribution in [0.4, 0.5) is 5.69 Å². The molecule has 28 heavy (non-hydrogen) atoms. The quantitative estimate of drug-likeness (QED) is 0.645. The molecule has 1 aliphatic heterocycles. The Morgan fingerprint density at radius 2 is 1.82 bits per heavy atom. The van der Waals surface area contributed by atoms with Gasteiger partial charge in [-0.3, -0.25) is 4.72 Å². The van der Waals surface area contributed by atoms with Gasteiger partial charge in [-0.25, -0.2) is 8.42 Å². The highest BCUT2D eigenvalue weighted by atomic mass is 35.5. The van der Waals surface area contributed by atoms with Crippen LogP contribution in [0, 0.1) is 0 Å². The van der Waals surface area contributed by atoms with Gasteiger partial charge in [0.15, 0.2) is 0 Å². The summed E-state index contributed by atoms with van der Waals surface area (Å²) in [7, 11) is -3.34. The highest BCUT2D eigenvalue weighted by molar-refractivity contribution is 7.92. The SMILES string of the molecule is CS(=O)(=O)Nc1cccc(C=C2c3ccc(Cl)cc3COc3ccccc32)c1. The van der Waals surface area contributed by atoms with Crippen molar-refractivity contribution in [1.82, 2.24) is 0 Å². The van der Waals surface area contributed by atoms with E-state index in [0.717, 1.165) is 39.8 Å². The van der Waals surface area contributed by atoms with E-state index in [2.05, 4.69) is 4.72 Å². The maximum Gasteiger partial charge on any atom is 0.229 e. The molecule has 0 unspecified atom stereocenters. The van der Waals surface area contributed by atoms with Crippen LogP contribution in [-0.2, 0) is 16.6 Å². The zero-order valence-corrected chi connectivity index (χ0v) is 16.7. The molecule has 3 aromatic carbocycles. The summed E-state index contributed by atoms with van der Waals surface area (Å²) in [6, 6.07) is 20.9. The monoisotopic (exact) mass is 411 g/mol. The first-order valence-corrected chi connectivity index (χ1v) is 11.0. The van der Waals surface area contributed by atoms with E-state index in [0.29, 0.717) is 17.3 Å². The second kappa shape index (κ2) is 7.34. The van der Waals surface area contributed by atoms with Crippen molar-refractivity contribution in [3.8, 4) is 5.75 Å². The van der Waals surface area contributed by atoms with Crippen molar-refractivity contribution in [1.29, 1.82) is 0 Å². The molecule has 1 aliphatic rings. The fourth-order valence-corrected chi connectivity index (χ4v) is 4.04. The fraction of sp³-hybridized carbons (Fsp3) is 0.0909. The van der Waals surface area contributed by atoms with E-state index in [1.165, 1.54) is 0 Å². The molecule has 0 atom stereocenters. The number of benzene rings is 3. The van der Waals surface area contributed by atoms with Crippen LogP contribution < -0.4 is 9.46 Å². The number of nitrogens with one attached hydrogen (secondary N) is 1. The first-order valence-electron chi connectivity index (χ1n) is 8.70. The number of anilines is 1. The lowest BCUT2D eigenvalue weighted by Crippen LogP contribution is -2.09. The lowest BCUT2D eigenvalue weighted by atomic mass is 9.92.